The molecule has 3 aromatic rings. The number of hydrogen-bond acceptors (Lipinski definition) is 4. The van der Waals surface area contributed by atoms with Gasteiger partial charge in [-0.15, -0.1) is 24.5 Å². The lowest BCUT2D eigenvalue weighted by Gasteiger charge is -2.18. The fraction of sp³-hybridized carbons (Fsp3) is 0.158. The van der Waals surface area contributed by atoms with Crippen LogP contribution >= 0.6 is 11.3 Å². The standard InChI is InChI=1S/C19H15F3N2O2S/c1-24(12-13-6-2-4-8-15(13)26-19(20,21)22)18(25)11-10-17-23-14-7-3-5-9-16(14)27-17/h2-11H,12H2,1H3/b11-10+. The largest absolute Gasteiger partial charge is 0.573 e. The van der Waals surface area contributed by atoms with Crippen molar-refractivity contribution in [1.82, 2.24) is 9.88 Å². The highest BCUT2D eigenvalue weighted by molar-refractivity contribution is 7.19. The molecule has 0 aliphatic carbocycles. The van der Waals surface area contributed by atoms with Crippen LogP contribution in [0.5, 0.6) is 5.75 Å². The van der Waals surface area contributed by atoms with Crippen molar-refractivity contribution in [3.05, 3.63) is 65.2 Å². The number of likely N-dealkylation sites (N-methyl/N-ethyl adjacent to an activating group) is 1. The molecule has 0 aliphatic heterocycles. The molecular formula is C19H15F3N2O2S. The van der Waals surface area contributed by atoms with E-state index in [2.05, 4.69) is 9.72 Å². The minimum absolute atomic E-state index is 0.0186. The number of rotatable bonds is 5. The summed E-state index contributed by atoms with van der Waals surface area (Å²) in [5, 5.41) is 0.679. The maximum atomic E-state index is 12.5. The number of aromatic nitrogens is 1. The molecule has 2 aromatic carbocycles. The summed E-state index contributed by atoms with van der Waals surface area (Å²) >= 11 is 1.45. The molecule has 0 saturated carbocycles. The molecule has 8 heteroatoms. The van der Waals surface area contributed by atoms with Crippen LogP contribution in [-0.2, 0) is 11.3 Å². The smallest absolute Gasteiger partial charge is 0.405 e. The number of alkyl halides is 3. The molecule has 0 aliphatic rings. The summed E-state index contributed by atoms with van der Waals surface area (Å²) in [7, 11) is 1.51. The summed E-state index contributed by atoms with van der Waals surface area (Å²) in [5.41, 5.74) is 1.11. The summed E-state index contributed by atoms with van der Waals surface area (Å²) in [6.45, 7) is -0.0186. The van der Waals surface area contributed by atoms with Crippen LogP contribution < -0.4 is 4.74 Å². The number of fused-ring (bicyclic) bond motifs is 1. The van der Waals surface area contributed by atoms with Gasteiger partial charge in [0.15, 0.2) is 0 Å². The molecule has 0 fully saturated rings. The SMILES string of the molecule is CN(Cc1ccccc1OC(F)(F)F)C(=O)/C=C/c1nc2ccccc2s1. The number of hydrogen-bond donors (Lipinski definition) is 0. The molecule has 0 bridgehead atoms. The fourth-order valence-electron chi connectivity index (χ4n) is 2.42. The van der Waals surface area contributed by atoms with E-state index >= 15 is 0 Å². The van der Waals surface area contributed by atoms with Crippen LogP contribution in [0.15, 0.2) is 54.6 Å². The van der Waals surface area contributed by atoms with Crippen molar-refractivity contribution in [3.63, 3.8) is 0 Å². The Morgan fingerprint density at radius 3 is 2.63 bits per heavy atom. The summed E-state index contributed by atoms with van der Waals surface area (Å²) in [4.78, 5) is 18.0. The van der Waals surface area contributed by atoms with Crippen molar-refractivity contribution in [1.29, 1.82) is 0 Å². The molecule has 140 valence electrons. The first-order valence-corrected chi connectivity index (χ1v) is 8.76. The Balaban J connectivity index is 1.69. The highest BCUT2D eigenvalue weighted by Crippen LogP contribution is 2.27. The van der Waals surface area contributed by atoms with Crippen molar-refractivity contribution in [2.75, 3.05) is 7.05 Å². The third kappa shape index (κ3) is 5.07. The van der Waals surface area contributed by atoms with Gasteiger partial charge >= 0.3 is 6.36 Å². The number of benzene rings is 2. The number of nitrogens with zero attached hydrogens (tertiary/aromatic N) is 2. The van der Waals surface area contributed by atoms with Crippen LogP contribution in [0.2, 0.25) is 0 Å². The highest BCUT2D eigenvalue weighted by atomic mass is 32.1. The van der Waals surface area contributed by atoms with Crippen LogP contribution in [0.3, 0.4) is 0 Å². The third-order valence-electron chi connectivity index (χ3n) is 3.66. The Morgan fingerprint density at radius 2 is 1.89 bits per heavy atom. The Kier molecular flexibility index (Phi) is 5.46. The van der Waals surface area contributed by atoms with Crippen molar-refractivity contribution in [3.8, 4) is 5.75 Å². The summed E-state index contributed by atoms with van der Waals surface area (Å²) < 4.78 is 42.5. The zero-order valence-electron chi connectivity index (χ0n) is 14.2. The van der Waals surface area contributed by atoms with E-state index in [-0.39, 0.29) is 23.8 Å². The lowest BCUT2D eigenvalue weighted by atomic mass is 10.2. The first kappa shape index (κ1) is 18.9. The number of thiazole rings is 1. The summed E-state index contributed by atoms with van der Waals surface area (Å²) in [6, 6.07) is 13.4. The van der Waals surface area contributed by atoms with Crippen molar-refractivity contribution >= 4 is 33.5 Å². The van der Waals surface area contributed by atoms with Crippen molar-refractivity contribution in [2.24, 2.45) is 0 Å². The summed E-state index contributed by atoms with van der Waals surface area (Å²) in [5.74, 6) is -0.670. The van der Waals surface area contributed by atoms with E-state index in [9.17, 15) is 18.0 Å². The van der Waals surface area contributed by atoms with Gasteiger partial charge in [0.2, 0.25) is 5.91 Å². The molecule has 1 heterocycles. The van der Waals surface area contributed by atoms with Gasteiger partial charge in [0.05, 0.1) is 10.2 Å². The van der Waals surface area contributed by atoms with E-state index in [0.29, 0.717) is 5.01 Å². The maximum absolute atomic E-state index is 12.5. The zero-order chi connectivity index (χ0) is 19.4. The number of carbonyl (C=O) groups excluding carboxylic acids is 1. The van der Waals surface area contributed by atoms with Gasteiger partial charge in [0.25, 0.3) is 0 Å². The van der Waals surface area contributed by atoms with E-state index in [1.54, 1.807) is 12.1 Å². The number of amides is 1. The Labute approximate surface area is 157 Å². The lowest BCUT2D eigenvalue weighted by Crippen LogP contribution is -2.25. The minimum atomic E-state index is -4.79. The Hall–Kier alpha value is -2.87. The van der Waals surface area contributed by atoms with Crippen LogP contribution in [0, 0.1) is 0 Å². The van der Waals surface area contributed by atoms with Gasteiger partial charge in [-0.2, -0.15) is 0 Å². The van der Waals surface area contributed by atoms with Crippen molar-refractivity contribution < 1.29 is 22.7 Å². The van der Waals surface area contributed by atoms with Crippen LogP contribution in [0.25, 0.3) is 16.3 Å². The molecule has 0 saturated heterocycles. The van der Waals surface area contributed by atoms with Gasteiger partial charge in [-0.05, 0) is 24.3 Å². The molecule has 0 unspecified atom stereocenters. The predicted octanol–water partition coefficient (Wildman–Crippen LogP) is 4.87. The molecule has 3 rings (SSSR count). The number of carbonyl (C=O) groups is 1. The quantitative estimate of drug-likeness (QED) is 0.582. The van der Waals surface area contributed by atoms with E-state index in [0.717, 1.165) is 10.2 Å². The number of halogens is 3. The van der Waals surface area contributed by atoms with Crippen molar-refractivity contribution in [2.45, 2.75) is 12.9 Å². The van der Waals surface area contributed by atoms with Gasteiger partial charge in [0.1, 0.15) is 10.8 Å². The average molecular weight is 392 g/mol. The minimum Gasteiger partial charge on any atom is -0.405 e. The van der Waals surface area contributed by atoms with Gasteiger partial charge < -0.3 is 9.64 Å². The molecule has 4 nitrogen and oxygen atoms in total. The fourth-order valence-corrected chi connectivity index (χ4v) is 3.29. The zero-order valence-corrected chi connectivity index (χ0v) is 15.1. The molecule has 27 heavy (non-hydrogen) atoms. The molecule has 1 aromatic heterocycles. The Morgan fingerprint density at radius 1 is 1.19 bits per heavy atom. The predicted molar refractivity (Wildman–Crippen MR) is 98.3 cm³/mol. The monoisotopic (exact) mass is 392 g/mol. The van der Waals surface area contributed by atoms with E-state index in [4.69, 9.17) is 0 Å². The molecule has 0 atom stereocenters. The van der Waals surface area contributed by atoms with E-state index < -0.39 is 6.36 Å². The van der Waals surface area contributed by atoms with E-state index in [1.807, 2.05) is 24.3 Å². The van der Waals surface area contributed by atoms with Gasteiger partial charge in [0, 0.05) is 25.2 Å². The molecule has 1 amide bonds. The third-order valence-corrected chi connectivity index (χ3v) is 4.66. The highest BCUT2D eigenvalue weighted by Gasteiger charge is 2.32. The van der Waals surface area contributed by atoms with Gasteiger partial charge in [-0.25, -0.2) is 4.98 Å². The second kappa shape index (κ2) is 7.79. The molecular weight excluding hydrogens is 377 g/mol. The molecule has 0 radical (unpaired) electrons. The topological polar surface area (TPSA) is 42.4 Å². The van der Waals surface area contributed by atoms with Gasteiger partial charge in [-0.1, -0.05) is 30.3 Å². The second-order valence-corrected chi connectivity index (χ2v) is 6.77. The molecule has 0 N–H and O–H groups in total. The first-order chi connectivity index (χ1) is 12.8. The lowest BCUT2D eigenvalue weighted by molar-refractivity contribution is -0.275. The van der Waals surface area contributed by atoms with Crippen LogP contribution in [0.4, 0.5) is 13.2 Å². The first-order valence-electron chi connectivity index (χ1n) is 7.94. The second-order valence-electron chi connectivity index (χ2n) is 5.70. The van der Waals surface area contributed by atoms with Crippen LogP contribution in [0.1, 0.15) is 10.6 Å². The van der Waals surface area contributed by atoms with Gasteiger partial charge in [-0.3, -0.25) is 4.79 Å². The maximum Gasteiger partial charge on any atom is 0.573 e. The number of ether oxygens (including phenoxy) is 1. The summed E-state index contributed by atoms with van der Waals surface area (Å²) in [6.07, 6.45) is -1.84. The average Bonchev–Trinajstić information content (AvgIpc) is 3.03. The Bertz CT molecular complexity index is 949. The molecule has 0 spiro atoms. The normalized spacial score (nSPS) is 11.9. The van der Waals surface area contributed by atoms with Crippen LogP contribution in [-0.4, -0.2) is 29.2 Å². The van der Waals surface area contributed by atoms with E-state index in [1.165, 1.54) is 47.6 Å². The number of para-hydroxylation sites is 2.